The zero-order valence-corrected chi connectivity index (χ0v) is 72.0. The molecule has 7 aromatic heterocycles. The smallest absolute Gasteiger partial charge is 0.256 e. The van der Waals surface area contributed by atoms with Crippen LogP contribution < -0.4 is 16.2 Å². The number of nitrogens with one attached hydrogen (secondary N) is 2. The van der Waals surface area contributed by atoms with E-state index in [2.05, 4.69) is 77.1 Å². The molecule has 6 aromatic carbocycles. The minimum absolute atomic E-state index is 0.161. The fourth-order valence-corrected chi connectivity index (χ4v) is 19.8. The van der Waals surface area contributed by atoms with Crippen molar-refractivity contribution in [2.24, 2.45) is 0 Å². The largest absolute Gasteiger partial charge is 0.356 e. The molecule has 0 aliphatic carbocycles. The van der Waals surface area contributed by atoms with Gasteiger partial charge in [0.2, 0.25) is 0 Å². The number of fused-ring (bicyclic) bond motifs is 7. The highest BCUT2D eigenvalue weighted by Crippen LogP contribution is 2.40. The highest BCUT2D eigenvalue weighted by Gasteiger charge is 2.32. The number of hydrogen-bond acceptors (Lipinski definition) is 20. The van der Waals surface area contributed by atoms with Crippen LogP contribution in [0.4, 0.5) is 26.3 Å². The Balaban J connectivity index is 0.000000118. The van der Waals surface area contributed by atoms with Gasteiger partial charge in [-0.3, -0.25) is 9.36 Å². The maximum atomic E-state index is 13.4. The second-order valence-corrected chi connectivity index (χ2v) is 35.3. The molecule has 7 aliphatic heterocycles. The molecule has 6 saturated heterocycles. The van der Waals surface area contributed by atoms with Gasteiger partial charge in [0.1, 0.15) is 40.7 Å². The van der Waals surface area contributed by atoms with E-state index in [4.69, 9.17) is 32.1 Å². The Labute approximate surface area is 720 Å². The van der Waals surface area contributed by atoms with Gasteiger partial charge in [0, 0.05) is 140 Å². The number of likely N-dealkylation sites (tertiary alicyclic amines) is 4. The second kappa shape index (κ2) is 42.2. The first-order chi connectivity index (χ1) is 60.2. The SMILES string of the molecule is Cc1nc2n(c(=O)c1CCN1CCC(c3noc4cc(F)ccc34)CC1)CCCC2.Fc1ccc2c(C3CCN(CCCCCCBr)CC3)noc2c1.Fc1ccc2c(C3CCN(CCCCCCN4CCC(c5noc6cc(F)ccc56)CC4)CC3)noc2c1.Fc1ccc2c(C3CCNCC3)noc2c1.Fc1ccc2c(C3CCNCC3)noc2c1. The van der Waals surface area contributed by atoms with Gasteiger partial charge in [-0.15, -0.1) is 0 Å². The minimum Gasteiger partial charge on any atom is -0.356 e. The summed E-state index contributed by atoms with van der Waals surface area (Å²) in [5, 5.41) is 38.6. The molecule has 14 heterocycles. The highest BCUT2D eigenvalue weighted by molar-refractivity contribution is 9.09. The molecule has 7 aliphatic rings. The third-order valence-electron chi connectivity index (χ3n) is 26.4. The Morgan fingerprint density at radius 3 is 0.902 bits per heavy atom. The Kier molecular flexibility index (Phi) is 30.0. The van der Waals surface area contributed by atoms with Gasteiger partial charge in [0.25, 0.3) is 5.56 Å². The normalized spacial score (nSPS) is 18.1. The molecular formula is C95H113BrF6N14O7. The van der Waals surface area contributed by atoms with Crippen molar-refractivity contribution in [2.45, 2.75) is 203 Å². The molecule has 6 fully saturated rings. The van der Waals surface area contributed by atoms with E-state index >= 15 is 0 Å². The zero-order valence-electron chi connectivity index (χ0n) is 70.4. The van der Waals surface area contributed by atoms with Crippen molar-refractivity contribution >= 4 is 81.7 Å². The van der Waals surface area contributed by atoms with Gasteiger partial charge in [-0.05, 0) is 300 Å². The fraction of sp³-hybridized carbons (Fsp3) is 0.516. The molecule has 0 spiro atoms. The van der Waals surface area contributed by atoms with Crippen LogP contribution in [-0.2, 0) is 19.4 Å². The van der Waals surface area contributed by atoms with Crippen LogP contribution in [0.25, 0.3) is 65.8 Å². The molecule has 20 rings (SSSR count). The first kappa shape index (κ1) is 87.3. The van der Waals surface area contributed by atoms with Gasteiger partial charge >= 0.3 is 0 Å². The molecule has 0 atom stereocenters. The Morgan fingerprint density at radius 1 is 0.350 bits per heavy atom. The Hall–Kier alpha value is -9.16. The van der Waals surface area contributed by atoms with Crippen molar-refractivity contribution in [1.82, 2.24) is 70.7 Å². The van der Waals surface area contributed by atoms with Gasteiger partial charge in [-0.2, -0.15) is 0 Å². The molecule has 0 radical (unpaired) electrons. The first-order valence-electron chi connectivity index (χ1n) is 45.0. The fourth-order valence-electron chi connectivity index (χ4n) is 19.4. The topological polar surface area (TPSA) is 228 Å². The van der Waals surface area contributed by atoms with E-state index in [1.165, 1.54) is 144 Å². The van der Waals surface area contributed by atoms with Crippen molar-refractivity contribution in [3.8, 4) is 0 Å². The summed E-state index contributed by atoms with van der Waals surface area (Å²) in [5.41, 5.74) is 11.1. The zero-order chi connectivity index (χ0) is 84.5. The second-order valence-electron chi connectivity index (χ2n) is 34.5. The lowest BCUT2D eigenvalue weighted by Gasteiger charge is -2.31. The summed E-state index contributed by atoms with van der Waals surface area (Å²) in [6.07, 6.45) is 26.9. The lowest BCUT2D eigenvalue weighted by Crippen LogP contribution is -2.37. The molecule has 654 valence electrons. The average Bonchev–Trinajstić information content (AvgIpc) is 1.77. The lowest BCUT2D eigenvalue weighted by molar-refractivity contribution is 0.198. The van der Waals surface area contributed by atoms with Crippen molar-refractivity contribution < 1.29 is 53.5 Å². The molecule has 2 N–H and O–H groups in total. The standard InChI is InChI=1S/C30H36F2N4O2.C23H27FN4O2.C18H24BrFN2O.2C12H13FN2O/c31-23-5-7-25-27(19-23)37-33-29(25)21-9-15-35(16-10-21)13-3-1-2-4-14-36-17-11-22(12-18-36)30-26-8-6-24(32)20-28(26)38-34-30;1-15-18(23(29)28-10-3-2-4-21(28)25-15)9-13-27-11-7-16(8-12-27)22-19-6-5-17(24)14-20(19)30-26-22;19-9-3-1-2-4-10-22-11-7-14(8-12-22)18-16-6-5-15(20)13-17(16)23-21-18;2*13-9-1-2-10-11(7-9)16-15-12(10)8-3-5-14-6-4-8/h5-8,19-22H,1-4,9-18H2;5-6,14,16H,2-4,7-13H2,1H3;5-6,13-14H,1-4,7-12H2;2*1-2,7-8,14H,3-6H2. The van der Waals surface area contributed by atoms with Crippen LogP contribution in [0.1, 0.15) is 228 Å². The number of benzene rings is 6. The number of rotatable bonds is 22. The van der Waals surface area contributed by atoms with Crippen LogP contribution in [0.3, 0.4) is 0 Å². The number of unbranched alkanes of at least 4 members (excludes halogenated alkanes) is 6. The van der Waals surface area contributed by atoms with E-state index < -0.39 is 0 Å². The number of alkyl halides is 1. The molecular weight excluding hydrogens is 1640 g/mol. The van der Waals surface area contributed by atoms with Crippen LogP contribution in [0.2, 0.25) is 0 Å². The molecule has 0 amide bonds. The quantitative estimate of drug-likeness (QED) is 0.0365. The average molecular weight is 1760 g/mol. The molecule has 0 unspecified atom stereocenters. The van der Waals surface area contributed by atoms with Crippen LogP contribution in [0, 0.1) is 41.8 Å². The van der Waals surface area contributed by atoms with E-state index in [0.717, 1.165) is 283 Å². The summed E-state index contributed by atoms with van der Waals surface area (Å²) in [6, 6.07) is 28.0. The summed E-state index contributed by atoms with van der Waals surface area (Å²) in [7, 11) is 0. The van der Waals surface area contributed by atoms with Gasteiger partial charge in [-0.1, -0.05) is 72.6 Å². The third-order valence-corrected chi connectivity index (χ3v) is 27.0. The Bertz CT molecular complexity index is 5450. The predicted molar refractivity (Wildman–Crippen MR) is 468 cm³/mol. The summed E-state index contributed by atoms with van der Waals surface area (Å²) in [5.74, 6) is 1.69. The first-order valence-corrected chi connectivity index (χ1v) is 46.1. The summed E-state index contributed by atoms with van der Waals surface area (Å²) in [6.45, 7) is 19.7. The molecule has 21 nitrogen and oxygen atoms in total. The summed E-state index contributed by atoms with van der Waals surface area (Å²) in [4.78, 5) is 27.8. The van der Waals surface area contributed by atoms with Crippen LogP contribution in [0.5, 0.6) is 0 Å². The number of hydrogen-bond donors (Lipinski definition) is 2. The molecule has 123 heavy (non-hydrogen) atoms. The van der Waals surface area contributed by atoms with E-state index in [-0.39, 0.29) is 40.5 Å². The van der Waals surface area contributed by atoms with Crippen LogP contribution in [0.15, 0.2) is 141 Å². The van der Waals surface area contributed by atoms with E-state index in [0.29, 0.717) is 69.0 Å². The van der Waals surface area contributed by atoms with E-state index in [9.17, 15) is 31.1 Å². The lowest BCUT2D eigenvalue weighted by atomic mass is 9.91. The van der Waals surface area contributed by atoms with Gasteiger partial charge < -0.3 is 57.4 Å². The van der Waals surface area contributed by atoms with Crippen molar-refractivity contribution in [3.63, 3.8) is 0 Å². The maximum Gasteiger partial charge on any atom is 0.256 e. The summed E-state index contributed by atoms with van der Waals surface area (Å²) >= 11 is 3.48. The number of nitrogens with zero attached hydrogens (tertiary/aromatic N) is 12. The summed E-state index contributed by atoms with van der Waals surface area (Å²) < 4.78 is 113. The number of halogens is 7. The number of aromatic nitrogens is 8. The molecule has 13 aromatic rings. The highest BCUT2D eigenvalue weighted by atomic mass is 79.9. The molecule has 0 saturated carbocycles. The maximum absolute atomic E-state index is 13.4. The van der Waals surface area contributed by atoms with E-state index in [1.807, 2.05) is 11.5 Å². The van der Waals surface area contributed by atoms with Crippen LogP contribution >= 0.6 is 15.9 Å². The third kappa shape index (κ3) is 22.0. The number of aryl methyl sites for hydroxylation is 2. The van der Waals surface area contributed by atoms with E-state index in [1.54, 1.807) is 36.4 Å². The monoisotopic (exact) mass is 1750 g/mol. The van der Waals surface area contributed by atoms with Crippen LogP contribution in [-0.4, -0.2) is 170 Å². The minimum atomic E-state index is -0.303. The number of piperidine rings is 6. The van der Waals surface area contributed by atoms with Gasteiger partial charge in [0.15, 0.2) is 33.5 Å². The van der Waals surface area contributed by atoms with Gasteiger partial charge in [-0.25, -0.2) is 31.3 Å². The van der Waals surface area contributed by atoms with Crippen molar-refractivity contribution in [1.29, 1.82) is 0 Å². The van der Waals surface area contributed by atoms with Crippen molar-refractivity contribution in [2.75, 3.05) is 110 Å². The van der Waals surface area contributed by atoms with Gasteiger partial charge in [0.05, 0.1) is 34.2 Å². The Morgan fingerprint density at radius 2 is 0.618 bits per heavy atom. The molecule has 28 heteroatoms. The predicted octanol–water partition coefficient (Wildman–Crippen LogP) is 20.4. The van der Waals surface area contributed by atoms with Crippen molar-refractivity contribution in [3.05, 3.63) is 206 Å². The molecule has 0 bridgehead atoms.